The highest BCUT2D eigenvalue weighted by Crippen LogP contribution is 2.35. The van der Waals surface area contributed by atoms with E-state index in [9.17, 15) is 19.6 Å². The molecule has 0 heterocycles. The second-order valence-electron chi connectivity index (χ2n) is 6.92. The van der Waals surface area contributed by atoms with E-state index in [2.05, 4.69) is 5.32 Å². The van der Waals surface area contributed by atoms with Crippen molar-refractivity contribution in [2.24, 2.45) is 0 Å². The van der Waals surface area contributed by atoms with Gasteiger partial charge in [-0.1, -0.05) is 24.3 Å². The van der Waals surface area contributed by atoms with Crippen LogP contribution in [0.15, 0.2) is 66.7 Å². The molecule has 0 saturated heterocycles. The van der Waals surface area contributed by atoms with Gasteiger partial charge in [0.15, 0.2) is 11.5 Å². The van der Waals surface area contributed by atoms with Gasteiger partial charge >= 0.3 is 0 Å². The number of ether oxygens (including phenoxy) is 2. The van der Waals surface area contributed by atoms with Gasteiger partial charge in [0.1, 0.15) is 5.82 Å². The third kappa shape index (κ3) is 5.49. The summed E-state index contributed by atoms with van der Waals surface area (Å²) >= 11 is 0. The number of aliphatic hydroxyl groups excluding tert-OH is 1. The molecule has 2 N–H and O–H groups in total. The maximum atomic E-state index is 13.2. The van der Waals surface area contributed by atoms with E-state index in [1.165, 1.54) is 50.6 Å². The Bertz CT molecular complexity index is 1040. The van der Waals surface area contributed by atoms with Crippen molar-refractivity contribution in [3.8, 4) is 11.5 Å². The molecule has 0 aliphatic carbocycles. The number of aliphatic hydroxyl groups is 1. The van der Waals surface area contributed by atoms with Crippen molar-refractivity contribution in [3.63, 3.8) is 0 Å². The number of benzene rings is 3. The molecule has 7 nitrogen and oxygen atoms in total. The lowest BCUT2D eigenvalue weighted by atomic mass is 9.96. The molecule has 2 atom stereocenters. The first kappa shape index (κ1) is 22.0. The van der Waals surface area contributed by atoms with Gasteiger partial charge in [-0.05, 0) is 41.5 Å². The van der Waals surface area contributed by atoms with Gasteiger partial charge in [-0.3, -0.25) is 10.1 Å². The molecule has 31 heavy (non-hydrogen) atoms. The molecule has 3 aromatic carbocycles. The smallest absolute Gasteiger partial charge is 0.271 e. The maximum Gasteiger partial charge on any atom is 0.271 e. The lowest BCUT2D eigenvalue weighted by Crippen LogP contribution is -2.15. The number of halogens is 1. The Morgan fingerprint density at radius 1 is 1.00 bits per heavy atom. The van der Waals surface area contributed by atoms with Gasteiger partial charge in [-0.15, -0.1) is 0 Å². The van der Waals surface area contributed by atoms with Crippen LogP contribution in [0.25, 0.3) is 0 Å². The summed E-state index contributed by atoms with van der Waals surface area (Å²) in [7, 11) is 3.06. The average Bonchev–Trinajstić information content (AvgIpc) is 2.78. The Morgan fingerprint density at radius 2 is 1.68 bits per heavy atom. The molecule has 0 amide bonds. The molecule has 0 aromatic heterocycles. The van der Waals surface area contributed by atoms with Gasteiger partial charge in [0.2, 0.25) is 0 Å². The molecule has 162 valence electrons. The van der Waals surface area contributed by atoms with Crippen LogP contribution in [0.3, 0.4) is 0 Å². The average molecular weight is 426 g/mol. The molecule has 0 bridgehead atoms. The minimum Gasteiger partial charge on any atom is -0.493 e. The van der Waals surface area contributed by atoms with Gasteiger partial charge in [0, 0.05) is 24.2 Å². The SMILES string of the molecule is COc1ccc(C(CC(O)c2ccc(F)cc2)Nc2cccc([N+](=O)[O-])c2)cc1OC. The molecule has 8 heteroatoms. The van der Waals surface area contributed by atoms with E-state index >= 15 is 0 Å². The summed E-state index contributed by atoms with van der Waals surface area (Å²) < 4.78 is 23.9. The summed E-state index contributed by atoms with van der Waals surface area (Å²) in [5.41, 5.74) is 1.83. The van der Waals surface area contributed by atoms with Crippen LogP contribution in [0, 0.1) is 15.9 Å². The Labute approximate surface area is 179 Å². The lowest BCUT2D eigenvalue weighted by molar-refractivity contribution is -0.384. The first-order chi connectivity index (χ1) is 14.9. The summed E-state index contributed by atoms with van der Waals surface area (Å²) in [6.45, 7) is 0. The number of nitro benzene ring substituents is 1. The van der Waals surface area contributed by atoms with Crippen molar-refractivity contribution < 1.29 is 23.9 Å². The Kier molecular flexibility index (Phi) is 7.04. The molecule has 0 aliphatic rings. The van der Waals surface area contributed by atoms with Gasteiger partial charge in [0.05, 0.1) is 31.3 Å². The van der Waals surface area contributed by atoms with Crippen molar-refractivity contribution in [2.75, 3.05) is 19.5 Å². The van der Waals surface area contributed by atoms with Crippen LogP contribution >= 0.6 is 0 Å². The van der Waals surface area contributed by atoms with Gasteiger partial charge in [-0.25, -0.2) is 4.39 Å². The predicted octanol–water partition coefficient (Wildman–Crippen LogP) is 5.03. The fraction of sp³-hybridized carbons (Fsp3) is 0.217. The van der Waals surface area contributed by atoms with Gasteiger partial charge in [-0.2, -0.15) is 0 Å². The lowest BCUT2D eigenvalue weighted by Gasteiger charge is -2.24. The highest BCUT2D eigenvalue weighted by atomic mass is 19.1. The second-order valence-corrected chi connectivity index (χ2v) is 6.92. The number of methoxy groups -OCH3 is 2. The highest BCUT2D eigenvalue weighted by Gasteiger charge is 2.20. The van der Waals surface area contributed by atoms with Crippen LogP contribution in [0.5, 0.6) is 11.5 Å². The second kappa shape index (κ2) is 9.90. The highest BCUT2D eigenvalue weighted by molar-refractivity contribution is 5.53. The van der Waals surface area contributed by atoms with Crippen LogP contribution in [0.4, 0.5) is 15.8 Å². The van der Waals surface area contributed by atoms with E-state index in [0.717, 1.165) is 5.56 Å². The van der Waals surface area contributed by atoms with Crippen molar-refractivity contribution in [1.29, 1.82) is 0 Å². The zero-order valence-electron chi connectivity index (χ0n) is 17.1. The topological polar surface area (TPSA) is 93.9 Å². The number of nitro groups is 1. The van der Waals surface area contributed by atoms with E-state index < -0.39 is 17.1 Å². The summed E-state index contributed by atoms with van der Waals surface area (Å²) in [5.74, 6) is 0.684. The standard InChI is InChI=1S/C23H23FN2O5/c1-30-22-11-8-16(12-23(22)31-2)20(14-21(27)15-6-9-17(24)10-7-15)25-18-4-3-5-19(13-18)26(28)29/h3-13,20-21,25,27H,14H2,1-2H3. The van der Waals surface area contributed by atoms with Crippen molar-refractivity contribution in [2.45, 2.75) is 18.6 Å². The van der Waals surface area contributed by atoms with E-state index in [1.807, 2.05) is 6.07 Å². The van der Waals surface area contributed by atoms with Crippen LogP contribution in [-0.2, 0) is 0 Å². The first-order valence-corrected chi connectivity index (χ1v) is 9.57. The van der Waals surface area contributed by atoms with E-state index in [1.54, 1.807) is 24.3 Å². The molecule has 0 fully saturated rings. The number of hydrogen-bond acceptors (Lipinski definition) is 6. The Hall–Kier alpha value is -3.65. The minimum absolute atomic E-state index is 0.0462. The molecule has 3 aromatic rings. The molecule has 2 unspecified atom stereocenters. The largest absolute Gasteiger partial charge is 0.493 e. The molecule has 0 aliphatic heterocycles. The number of rotatable bonds is 9. The number of hydrogen-bond donors (Lipinski definition) is 2. The van der Waals surface area contributed by atoms with Crippen molar-refractivity contribution >= 4 is 11.4 Å². The zero-order valence-corrected chi connectivity index (χ0v) is 17.1. The summed E-state index contributed by atoms with van der Waals surface area (Å²) in [5, 5.41) is 25.2. The zero-order chi connectivity index (χ0) is 22.4. The van der Waals surface area contributed by atoms with Crippen molar-refractivity contribution in [1.82, 2.24) is 0 Å². The molecular formula is C23H23FN2O5. The summed E-state index contributed by atoms with van der Waals surface area (Å²) in [6, 6.07) is 16.7. The summed E-state index contributed by atoms with van der Waals surface area (Å²) in [4.78, 5) is 10.7. The molecule has 3 rings (SSSR count). The number of nitrogens with one attached hydrogen (secondary N) is 1. The third-order valence-electron chi connectivity index (χ3n) is 4.92. The van der Waals surface area contributed by atoms with E-state index in [0.29, 0.717) is 22.7 Å². The predicted molar refractivity (Wildman–Crippen MR) is 115 cm³/mol. The Balaban J connectivity index is 1.94. The van der Waals surface area contributed by atoms with Gasteiger partial charge in [0.25, 0.3) is 5.69 Å². The quantitative estimate of drug-likeness (QED) is 0.368. The van der Waals surface area contributed by atoms with E-state index in [-0.39, 0.29) is 17.9 Å². The monoisotopic (exact) mass is 426 g/mol. The first-order valence-electron chi connectivity index (χ1n) is 9.57. The minimum atomic E-state index is -0.898. The van der Waals surface area contributed by atoms with Crippen molar-refractivity contribution in [3.05, 3.63) is 93.8 Å². The number of anilines is 1. The van der Waals surface area contributed by atoms with Crippen LogP contribution < -0.4 is 14.8 Å². The number of non-ortho nitro benzene ring substituents is 1. The fourth-order valence-corrected chi connectivity index (χ4v) is 3.30. The normalized spacial score (nSPS) is 12.6. The fourth-order valence-electron chi connectivity index (χ4n) is 3.30. The number of nitrogens with zero attached hydrogens (tertiary/aromatic N) is 1. The molecular weight excluding hydrogens is 403 g/mol. The molecule has 0 saturated carbocycles. The van der Waals surface area contributed by atoms with Crippen LogP contribution in [-0.4, -0.2) is 24.2 Å². The third-order valence-corrected chi connectivity index (χ3v) is 4.92. The Morgan fingerprint density at radius 3 is 2.32 bits per heavy atom. The van der Waals surface area contributed by atoms with Gasteiger partial charge < -0.3 is 19.9 Å². The summed E-state index contributed by atoms with van der Waals surface area (Å²) in [6.07, 6.45) is -0.672. The van der Waals surface area contributed by atoms with Crippen LogP contribution in [0.1, 0.15) is 29.7 Å². The maximum absolute atomic E-state index is 13.2. The van der Waals surface area contributed by atoms with Crippen LogP contribution in [0.2, 0.25) is 0 Å². The molecule has 0 radical (unpaired) electrons. The molecule has 0 spiro atoms. The van der Waals surface area contributed by atoms with E-state index in [4.69, 9.17) is 9.47 Å².